The molecule has 2 aliphatic rings. The first-order valence-electron chi connectivity index (χ1n) is 14.5. The zero-order valence-electron chi connectivity index (χ0n) is 26.0. The molecule has 2 aliphatic heterocycles. The summed E-state index contributed by atoms with van der Waals surface area (Å²) in [5.41, 5.74) is 0.0912. The van der Waals surface area contributed by atoms with Crippen LogP contribution in [0.5, 0.6) is 0 Å². The average molecular weight is 622 g/mol. The summed E-state index contributed by atoms with van der Waals surface area (Å²) in [6.07, 6.45) is 1.10. The minimum Gasteiger partial charge on any atom is -0.379 e. The van der Waals surface area contributed by atoms with E-state index in [1.807, 2.05) is 14.1 Å². The monoisotopic (exact) mass is 621 g/mol. The summed E-state index contributed by atoms with van der Waals surface area (Å²) in [5, 5.41) is 9.17. The summed E-state index contributed by atoms with van der Waals surface area (Å²) in [6, 6.07) is 2.40. The zero-order chi connectivity index (χ0) is 31.1. The van der Waals surface area contributed by atoms with Gasteiger partial charge in [-0.25, -0.2) is 14.6 Å². The molecular formula is C27H44N9O6P. The number of hydrogen-bond donors (Lipinski definition) is 1. The van der Waals surface area contributed by atoms with Crippen molar-refractivity contribution in [3.8, 4) is 6.07 Å². The number of ether oxygens (including phenoxy) is 3. The van der Waals surface area contributed by atoms with Gasteiger partial charge in [-0.1, -0.05) is 0 Å². The van der Waals surface area contributed by atoms with Crippen LogP contribution in [-0.2, 0) is 23.3 Å². The van der Waals surface area contributed by atoms with E-state index in [0.717, 1.165) is 13.1 Å². The van der Waals surface area contributed by atoms with E-state index in [2.05, 4.69) is 63.3 Å². The Labute approximate surface area is 253 Å². The molecule has 238 valence electrons. The molecule has 2 fully saturated rings. The van der Waals surface area contributed by atoms with Gasteiger partial charge in [0.25, 0.3) is 14.1 Å². The Balaban J connectivity index is 1.72. The summed E-state index contributed by atoms with van der Waals surface area (Å²) < 4.78 is 35.4. The maximum absolute atomic E-state index is 12.9. The molecule has 2 aromatic rings. The number of nitriles is 1. The highest BCUT2D eigenvalue weighted by Gasteiger charge is 2.50. The lowest BCUT2D eigenvalue weighted by Crippen LogP contribution is -2.46. The normalized spacial score (nSPS) is 24.1. The summed E-state index contributed by atoms with van der Waals surface area (Å²) in [6.45, 7) is 12.0. The second-order valence-corrected chi connectivity index (χ2v) is 12.6. The topological polar surface area (TPSA) is 156 Å². The van der Waals surface area contributed by atoms with Crippen LogP contribution in [-0.4, -0.2) is 131 Å². The number of morpholine rings is 1. The molecule has 43 heavy (non-hydrogen) atoms. The molecule has 2 saturated heterocycles. The highest BCUT2D eigenvalue weighted by atomic mass is 31.2. The molecule has 0 spiro atoms. The average Bonchev–Trinajstić information content (AvgIpc) is 3.53. The van der Waals surface area contributed by atoms with Crippen LogP contribution < -0.4 is 5.56 Å². The lowest BCUT2D eigenvalue weighted by molar-refractivity contribution is -0.0603. The number of nitrogens with zero attached hydrogens (tertiary/aromatic N) is 8. The molecule has 0 aliphatic carbocycles. The van der Waals surface area contributed by atoms with E-state index in [9.17, 15) is 4.79 Å². The third-order valence-electron chi connectivity index (χ3n) is 7.08. The van der Waals surface area contributed by atoms with Crippen molar-refractivity contribution in [1.29, 1.82) is 5.26 Å². The number of aliphatic imine (C=N–C) groups is 1. The van der Waals surface area contributed by atoms with E-state index < -0.39 is 38.6 Å². The number of aromatic nitrogens is 4. The molecule has 5 unspecified atom stereocenters. The number of hydrogen-bond acceptors (Lipinski definition) is 12. The molecule has 1 N–H and O–H groups in total. The smallest absolute Gasteiger partial charge is 0.280 e. The summed E-state index contributed by atoms with van der Waals surface area (Å²) in [5.74, 6) is 0.150. The van der Waals surface area contributed by atoms with Gasteiger partial charge in [0.05, 0.1) is 45.0 Å². The largest absolute Gasteiger partial charge is 0.379 e. The van der Waals surface area contributed by atoms with Gasteiger partial charge in [0, 0.05) is 52.9 Å². The minimum atomic E-state index is -1.58. The van der Waals surface area contributed by atoms with Crippen molar-refractivity contribution in [3.05, 3.63) is 16.7 Å². The Bertz CT molecular complexity index is 1300. The molecule has 4 rings (SSSR count). The van der Waals surface area contributed by atoms with Crippen molar-refractivity contribution >= 4 is 32.0 Å². The van der Waals surface area contributed by atoms with Crippen molar-refractivity contribution in [2.75, 3.05) is 60.7 Å². The van der Waals surface area contributed by atoms with Crippen LogP contribution in [0, 0.1) is 11.3 Å². The van der Waals surface area contributed by atoms with Crippen molar-refractivity contribution in [3.63, 3.8) is 0 Å². The number of nitrogens with one attached hydrogen (secondary N) is 1. The van der Waals surface area contributed by atoms with Gasteiger partial charge >= 0.3 is 0 Å². The molecule has 0 bridgehead atoms. The van der Waals surface area contributed by atoms with E-state index in [1.165, 1.54) is 6.33 Å². The second kappa shape index (κ2) is 15.5. The van der Waals surface area contributed by atoms with Gasteiger partial charge in [0.1, 0.15) is 18.3 Å². The molecule has 0 aromatic carbocycles. The highest BCUT2D eigenvalue weighted by Crippen LogP contribution is 2.50. The van der Waals surface area contributed by atoms with Crippen molar-refractivity contribution in [2.45, 2.75) is 70.7 Å². The molecule has 15 nitrogen and oxygen atoms in total. The molecule has 5 atom stereocenters. The Hall–Kier alpha value is -2.54. The summed E-state index contributed by atoms with van der Waals surface area (Å²) in [7, 11) is 3.69. The minimum absolute atomic E-state index is 0.125. The van der Waals surface area contributed by atoms with Crippen molar-refractivity contribution in [2.24, 2.45) is 4.99 Å². The third-order valence-corrected chi connectivity index (χ3v) is 9.21. The van der Waals surface area contributed by atoms with Crippen molar-refractivity contribution in [1.82, 2.24) is 34.0 Å². The molecule has 2 aromatic heterocycles. The first-order chi connectivity index (χ1) is 20.6. The molecule has 16 heteroatoms. The van der Waals surface area contributed by atoms with Crippen LogP contribution in [0.3, 0.4) is 0 Å². The van der Waals surface area contributed by atoms with Gasteiger partial charge in [-0.15, -0.1) is 0 Å². The van der Waals surface area contributed by atoms with Crippen LogP contribution in [0.4, 0.5) is 5.95 Å². The highest BCUT2D eigenvalue weighted by molar-refractivity contribution is 7.44. The van der Waals surface area contributed by atoms with E-state index in [-0.39, 0.29) is 36.6 Å². The predicted octanol–water partition coefficient (Wildman–Crippen LogP) is 2.25. The quantitative estimate of drug-likeness (QED) is 0.142. The van der Waals surface area contributed by atoms with Crippen molar-refractivity contribution < 1.29 is 23.3 Å². The summed E-state index contributed by atoms with van der Waals surface area (Å²) in [4.78, 5) is 32.8. The number of aromatic amines is 1. The van der Waals surface area contributed by atoms with E-state index in [0.29, 0.717) is 25.4 Å². The van der Waals surface area contributed by atoms with Crippen LogP contribution >= 0.6 is 8.53 Å². The Morgan fingerprint density at radius 3 is 2.60 bits per heavy atom. The SMILES string of the molecule is COC1C(OP(OCCC#N)N(C(C)C)C(C)C)C(CN2CCOCC2)OC1n1cnc2c(=O)[nH]c(N=CN(C)C)nc21. The number of H-pyrrole nitrogens is 1. The molecular weight excluding hydrogens is 577 g/mol. The number of methoxy groups -OCH3 is 1. The second-order valence-electron chi connectivity index (χ2n) is 11.2. The Morgan fingerprint density at radius 1 is 1.26 bits per heavy atom. The number of imidazole rings is 1. The number of rotatable bonds is 14. The van der Waals surface area contributed by atoms with Crippen LogP contribution in [0.15, 0.2) is 16.1 Å². The molecule has 0 amide bonds. The van der Waals surface area contributed by atoms with E-state index in [4.69, 9.17) is 28.5 Å². The van der Waals surface area contributed by atoms with E-state index in [1.54, 1.807) is 22.9 Å². The zero-order valence-corrected chi connectivity index (χ0v) is 26.9. The van der Waals surface area contributed by atoms with Gasteiger partial charge in [-0.2, -0.15) is 10.2 Å². The maximum Gasteiger partial charge on any atom is 0.280 e. The van der Waals surface area contributed by atoms with E-state index >= 15 is 0 Å². The Morgan fingerprint density at radius 2 is 1.98 bits per heavy atom. The fourth-order valence-electron chi connectivity index (χ4n) is 5.23. The summed E-state index contributed by atoms with van der Waals surface area (Å²) >= 11 is 0. The van der Waals surface area contributed by atoms with Gasteiger partial charge in [0.2, 0.25) is 5.95 Å². The van der Waals surface area contributed by atoms with Crippen LogP contribution in [0.2, 0.25) is 0 Å². The Kier molecular flexibility index (Phi) is 12.0. The van der Waals surface area contributed by atoms with Gasteiger partial charge < -0.3 is 28.2 Å². The molecule has 0 saturated carbocycles. The maximum atomic E-state index is 12.9. The molecule has 0 radical (unpaired) electrons. The van der Waals surface area contributed by atoms with Gasteiger partial charge in [0.15, 0.2) is 17.4 Å². The van der Waals surface area contributed by atoms with Crippen LogP contribution in [0.1, 0.15) is 40.3 Å². The fourth-order valence-corrected chi connectivity index (χ4v) is 6.99. The number of fused-ring (bicyclic) bond motifs is 1. The molecule has 4 heterocycles. The predicted molar refractivity (Wildman–Crippen MR) is 162 cm³/mol. The first-order valence-corrected chi connectivity index (χ1v) is 15.7. The lowest BCUT2D eigenvalue weighted by atomic mass is 10.1. The van der Waals surface area contributed by atoms with Gasteiger partial charge in [-0.05, 0) is 27.7 Å². The standard InChI is InChI=1S/C27H44N9O6P/c1-18(2)36(19(3)4)43(40-12-8-9-28)42-22-20(15-34-10-13-39-14-11-34)41-26(23(22)38-7)35-17-29-21-24(35)31-27(32-25(21)37)30-16-33(5)6/h16-20,22-23,26H,8,10-15H2,1-7H3,(H,31,32,37). The lowest BCUT2D eigenvalue weighted by Gasteiger charge is -2.38. The van der Waals surface area contributed by atoms with Crippen LogP contribution in [0.25, 0.3) is 11.2 Å². The third kappa shape index (κ3) is 8.14. The first kappa shape index (κ1) is 33.4. The van der Waals surface area contributed by atoms with Gasteiger partial charge in [-0.3, -0.25) is 19.2 Å². The fraction of sp³-hybridized carbons (Fsp3) is 0.741.